The SMILES string of the molecule is CCc1c(F)ccc2cc(O)cc(-c3ncc4c(N5CC6CCC(C5)N6)nc(OCC5(CN6CCCCC(N7CCN(c8cc(F)c(C9CCC(=O)NC9=O)c(F)c8)CC7)CCCC6)CC5)nc4c3F)c12. The number of aryl methyl sites for hydroxylation is 1. The fourth-order valence-electron chi connectivity index (χ4n) is 12.3. The van der Waals surface area contributed by atoms with Gasteiger partial charge >= 0.3 is 6.01 Å². The molecule has 5 aromatic rings. The zero-order chi connectivity index (χ0) is 49.0. The Morgan fingerprint density at radius 3 is 2.21 bits per heavy atom. The first kappa shape index (κ1) is 47.7. The second-order valence-corrected chi connectivity index (χ2v) is 21.1. The summed E-state index contributed by atoms with van der Waals surface area (Å²) in [4.78, 5) is 47.7. The molecule has 11 rings (SSSR count). The predicted molar refractivity (Wildman–Crippen MR) is 264 cm³/mol. The first-order chi connectivity index (χ1) is 34.4. The van der Waals surface area contributed by atoms with Crippen LogP contribution >= 0.6 is 0 Å². The van der Waals surface area contributed by atoms with Crippen LogP contribution in [0.3, 0.4) is 0 Å². The molecule has 2 bridgehead atoms. The number of benzene rings is 3. The van der Waals surface area contributed by atoms with Crippen molar-refractivity contribution in [3.63, 3.8) is 0 Å². The summed E-state index contributed by atoms with van der Waals surface area (Å²) in [7, 11) is 0. The van der Waals surface area contributed by atoms with Crippen molar-refractivity contribution in [1.82, 2.24) is 35.4 Å². The zero-order valence-corrected chi connectivity index (χ0v) is 40.4. The molecule has 13 nitrogen and oxygen atoms in total. The molecule has 7 heterocycles. The summed E-state index contributed by atoms with van der Waals surface area (Å²) in [5.41, 5.74) is 0.942. The third kappa shape index (κ3) is 9.73. The van der Waals surface area contributed by atoms with Gasteiger partial charge < -0.3 is 29.9 Å². The number of ether oxygens (including phenoxy) is 1. The molecule has 376 valence electrons. The third-order valence-electron chi connectivity index (χ3n) is 16.3. The normalized spacial score (nSPS) is 23.6. The lowest BCUT2D eigenvalue weighted by atomic mass is 9.89. The van der Waals surface area contributed by atoms with Gasteiger partial charge in [-0.25, -0.2) is 17.6 Å². The number of hydrogen-bond acceptors (Lipinski definition) is 12. The molecule has 1 aliphatic carbocycles. The Morgan fingerprint density at radius 2 is 1.54 bits per heavy atom. The lowest BCUT2D eigenvalue weighted by Crippen LogP contribution is -2.51. The predicted octanol–water partition coefficient (Wildman–Crippen LogP) is 8.14. The minimum Gasteiger partial charge on any atom is -0.508 e. The number of phenolic OH excluding ortho intramolecular Hbond substituents is 1. The quantitative estimate of drug-likeness (QED) is 0.0871. The average Bonchev–Trinajstić information content (AvgIpc) is 4.05. The second-order valence-electron chi connectivity index (χ2n) is 21.1. The first-order valence-electron chi connectivity index (χ1n) is 25.9. The number of halogens is 4. The van der Waals surface area contributed by atoms with E-state index >= 15 is 17.6 Å². The molecule has 6 aliphatic rings. The largest absolute Gasteiger partial charge is 0.508 e. The number of amides is 2. The van der Waals surface area contributed by atoms with Gasteiger partial charge in [0.1, 0.15) is 40.2 Å². The van der Waals surface area contributed by atoms with Crippen LogP contribution in [0.5, 0.6) is 11.8 Å². The van der Waals surface area contributed by atoms with E-state index in [0.29, 0.717) is 96.1 Å². The molecule has 5 saturated heterocycles. The average molecular weight is 978 g/mol. The number of carbonyl (C=O) groups excluding carboxylic acids is 2. The molecular weight excluding hydrogens is 915 g/mol. The number of aromatic nitrogens is 3. The molecule has 5 aliphatic heterocycles. The van der Waals surface area contributed by atoms with Gasteiger partial charge in [0.25, 0.3) is 0 Å². The number of anilines is 2. The van der Waals surface area contributed by atoms with Crippen LogP contribution in [0.15, 0.2) is 42.6 Å². The Morgan fingerprint density at radius 1 is 0.817 bits per heavy atom. The molecule has 3 aromatic carbocycles. The van der Waals surface area contributed by atoms with Crippen molar-refractivity contribution in [2.45, 2.75) is 114 Å². The molecule has 6 fully saturated rings. The topological polar surface area (TPSA) is 139 Å². The molecular formula is C54H63F4N9O4. The minimum atomic E-state index is -1.01. The van der Waals surface area contributed by atoms with E-state index in [0.717, 1.165) is 96.9 Å². The van der Waals surface area contributed by atoms with Gasteiger partial charge in [0.15, 0.2) is 5.82 Å². The van der Waals surface area contributed by atoms with E-state index in [-0.39, 0.29) is 46.8 Å². The van der Waals surface area contributed by atoms with E-state index < -0.39 is 41.0 Å². The first-order valence-corrected chi connectivity index (χ1v) is 25.9. The monoisotopic (exact) mass is 977 g/mol. The van der Waals surface area contributed by atoms with Crippen molar-refractivity contribution >= 4 is 45.0 Å². The van der Waals surface area contributed by atoms with Crippen LogP contribution in [0.2, 0.25) is 0 Å². The maximum Gasteiger partial charge on any atom is 0.319 e. The molecule has 3 N–H and O–H groups in total. The number of pyridine rings is 1. The number of aromatic hydroxyl groups is 1. The number of phenols is 1. The van der Waals surface area contributed by atoms with Crippen molar-refractivity contribution in [2.75, 3.05) is 75.3 Å². The van der Waals surface area contributed by atoms with Gasteiger partial charge in [-0.3, -0.25) is 24.8 Å². The smallest absolute Gasteiger partial charge is 0.319 e. The summed E-state index contributed by atoms with van der Waals surface area (Å²) in [6.07, 6.45) is 12.8. The van der Waals surface area contributed by atoms with Gasteiger partial charge in [-0.1, -0.05) is 25.8 Å². The lowest BCUT2D eigenvalue weighted by Gasteiger charge is -2.41. The van der Waals surface area contributed by atoms with Gasteiger partial charge in [0.05, 0.1) is 17.9 Å². The van der Waals surface area contributed by atoms with Crippen molar-refractivity contribution < 1.29 is 37.0 Å². The Hall–Kier alpha value is -5.65. The van der Waals surface area contributed by atoms with E-state index in [1.54, 1.807) is 18.3 Å². The molecule has 0 radical (unpaired) electrons. The fourth-order valence-corrected chi connectivity index (χ4v) is 12.3. The second kappa shape index (κ2) is 19.8. The van der Waals surface area contributed by atoms with Crippen LogP contribution in [0, 0.1) is 28.7 Å². The van der Waals surface area contributed by atoms with Crippen LogP contribution in [-0.4, -0.2) is 125 Å². The molecule has 3 unspecified atom stereocenters. The van der Waals surface area contributed by atoms with Crippen molar-refractivity contribution in [3.05, 3.63) is 77.0 Å². The lowest BCUT2D eigenvalue weighted by molar-refractivity contribution is -0.134. The molecule has 71 heavy (non-hydrogen) atoms. The maximum atomic E-state index is 17.2. The summed E-state index contributed by atoms with van der Waals surface area (Å²) in [6.45, 7) is 9.49. The number of nitrogens with zero attached hydrogens (tertiary/aromatic N) is 7. The van der Waals surface area contributed by atoms with E-state index in [9.17, 15) is 14.7 Å². The van der Waals surface area contributed by atoms with Crippen molar-refractivity contribution in [2.24, 2.45) is 5.41 Å². The van der Waals surface area contributed by atoms with E-state index in [4.69, 9.17) is 14.7 Å². The molecule has 2 amide bonds. The third-order valence-corrected chi connectivity index (χ3v) is 16.3. The van der Waals surface area contributed by atoms with Crippen molar-refractivity contribution in [3.8, 4) is 23.0 Å². The van der Waals surface area contributed by atoms with E-state index in [1.165, 1.54) is 24.3 Å². The summed E-state index contributed by atoms with van der Waals surface area (Å²) in [5, 5.41) is 18.2. The molecule has 1 saturated carbocycles. The number of fused-ring (bicyclic) bond motifs is 4. The van der Waals surface area contributed by atoms with E-state index in [2.05, 4.69) is 30.3 Å². The van der Waals surface area contributed by atoms with Crippen LogP contribution in [-0.2, 0) is 16.0 Å². The maximum absolute atomic E-state index is 17.2. The van der Waals surface area contributed by atoms with Gasteiger partial charge in [0.2, 0.25) is 11.8 Å². The number of piperazine rings is 2. The van der Waals surface area contributed by atoms with Gasteiger partial charge in [-0.15, -0.1) is 0 Å². The number of hydrogen-bond donors (Lipinski definition) is 3. The summed E-state index contributed by atoms with van der Waals surface area (Å²) in [6, 6.07) is 9.81. The highest BCUT2D eigenvalue weighted by molar-refractivity contribution is 6.02. The van der Waals surface area contributed by atoms with Crippen molar-refractivity contribution in [1.29, 1.82) is 0 Å². The Kier molecular flexibility index (Phi) is 13.3. The van der Waals surface area contributed by atoms with Gasteiger partial charge in [0, 0.05) is 98.8 Å². The number of imide groups is 1. The molecule has 3 atom stereocenters. The van der Waals surface area contributed by atoms with Crippen LogP contribution in [0.25, 0.3) is 32.9 Å². The Labute approximate surface area is 411 Å². The molecule has 17 heteroatoms. The van der Waals surface area contributed by atoms with Crippen LogP contribution < -0.4 is 25.2 Å². The summed E-state index contributed by atoms with van der Waals surface area (Å²) < 4.78 is 69.7. The molecule has 2 aromatic heterocycles. The number of nitrogens with one attached hydrogen (secondary N) is 2. The Balaban J connectivity index is 0.739. The minimum absolute atomic E-state index is 0.0191. The highest BCUT2D eigenvalue weighted by Crippen LogP contribution is 2.47. The fraction of sp³-hybridized carbons (Fsp3) is 0.537. The highest BCUT2D eigenvalue weighted by Gasteiger charge is 2.45. The van der Waals surface area contributed by atoms with E-state index in [1.807, 2.05) is 11.8 Å². The zero-order valence-electron chi connectivity index (χ0n) is 40.4. The van der Waals surface area contributed by atoms with Gasteiger partial charge in [-0.2, -0.15) is 9.97 Å². The Bertz CT molecular complexity index is 2810. The molecule has 0 spiro atoms. The van der Waals surface area contributed by atoms with Crippen LogP contribution in [0.1, 0.15) is 101 Å². The number of rotatable bonds is 11. The highest BCUT2D eigenvalue weighted by atomic mass is 19.1. The standard InChI is InChI=1S/C54H63F4N9O4/c1-2-38-42(55)13-9-32-23-37(68)26-40(46(32)38)49-48(58)50-41(27-59-49)51(67-28-33-10-11-34(29-67)60-33)63-53(62-50)71-31-54(15-16-54)30-64-17-5-3-7-35(8-4-6-18-64)65-19-21-66(22-20-65)36-24-43(56)47(44(57)25-36)39-12-14-45(69)61-52(39)70/h9,13,23-27,33-35,39,60,68H,2-8,10-12,14-22,28-31H2,1H3,(H,61,69,70). The number of carbonyl (C=O) groups is 2. The van der Waals surface area contributed by atoms with Gasteiger partial charge in [-0.05, 0) is 124 Å². The summed E-state index contributed by atoms with van der Waals surface area (Å²) >= 11 is 0. The van der Waals surface area contributed by atoms with Crippen LogP contribution in [0.4, 0.5) is 29.1 Å². The summed E-state index contributed by atoms with van der Waals surface area (Å²) in [5.74, 6) is -4.14. The number of piperidine rings is 1.